The fourth-order valence-corrected chi connectivity index (χ4v) is 2.21. The molecule has 3 nitrogen and oxygen atoms in total. The third kappa shape index (κ3) is 1.78. The maximum atomic E-state index is 12.0. The van der Waals surface area contributed by atoms with E-state index >= 15 is 0 Å². The first-order valence-corrected chi connectivity index (χ1v) is 5.72. The zero-order valence-electron chi connectivity index (χ0n) is 9.05. The molecule has 1 saturated carbocycles. The molecule has 1 N–H and O–H groups in total. The molecule has 1 aromatic heterocycles. The highest BCUT2D eigenvalue weighted by atomic mass is 35.5. The Morgan fingerprint density at radius 1 is 1.56 bits per heavy atom. The average Bonchev–Trinajstić information content (AvgIpc) is 2.71. The van der Waals surface area contributed by atoms with E-state index in [2.05, 4.69) is 10.3 Å². The minimum Gasteiger partial charge on any atom is -0.324 e. The summed E-state index contributed by atoms with van der Waals surface area (Å²) in [6, 6.07) is 1.83. The Labute approximate surface area is 104 Å². The zero-order valence-corrected chi connectivity index (χ0v) is 10.6. The molecule has 1 aromatic rings. The van der Waals surface area contributed by atoms with Crippen molar-refractivity contribution < 1.29 is 4.79 Å². The van der Waals surface area contributed by atoms with Crippen LogP contribution < -0.4 is 5.32 Å². The molecule has 0 radical (unpaired) electrons. The minimum atomic E-state index is -0.937. The van der Waals surface area contributed by atoms with E-state index in [0.717, 1.165) is 5.56 Å². The summed E-state index contributed by atoms with van der Waals surface area (Å²) in [5.74, 6) is -0.159. The van der Waals surface area contributed by atoms with Crippen molar-refractivity contribution in [2.75, 3.05) is 5.32 Å². The van der Waals surface area contributed by atoms with Crippen LogP contribution >= 0.6 is 23.2 Å². The largest absolute Gasteiger partial charge is 0.324 e. The van der Waals surface area contributed by atoms with E-state index in [9.17, 15) is 4.79 Å². The Bertz CT molecular complexity index is 447. The van der Waals surface area contributed by atoms with Gasteiger partial charge in [0.2, 0.25) is 5.91 Å². The molecule has 1 atom stereocenters. The van der Waals surface area contributed by atoms with Gasteiger partial charge >= 0.3 is 0 Å². The van der Waals surface area contributed by atoms with Crippen molar-refractivity contribution in [2.45, 2.75) is 24.6 Å². The molecule has 1 aliphatic carbocycles. The molecule has 1 aliphatic rings. The first-order valence-electron chi connectivity index (χ1n) is 4.97. The Hall–Kier alpha value is -0.800. The van der Waals surface area contributed by atoms with Gasteiger partial charge in [-0.05, 0) is 31.9 Å². The van der Waals surface area contributed by atoms with Crippen LogP contribution in [0.25, 0.3) is 0 Å². The molecular formula is C11H12Cl2N2O. The van der Waals surface area contributed by atoms with E-state index in [1.807, 2.05) is 13.0 Å². The molecule has 86 valence electrons. The zero-order chi connectivity index (χ0) is 12.0. The van der Waals surface area contributed by atoms with Gasteiger partial charge in [0.05, 0.1) is 17.3 Å². The monoisotopic (exact) mass is 258 g/mol. The van der Waals surface area contributed by atoms with Gasteiger partial charge < -0.3 is 5.32 Å². The number of halogens is 2. The number of carbonyl (C=O) groups excluding carboxylic acids is 1. The average molecular weight is 259 g/mol. The van der Waals surface area contributed by atoms with Gasteiger partial charge in [0.15, 0.2) is 0 Å². The second-order valence-electron chi connectivity index (χ2n) is 4.36. The first kappa shape index (κ1) is 11.7. The van der Waals surface area contributed by atoms with E-state index in [1.165, 1.54) is 0 Å². The van der Waals surface area contributed by atoms with Gasteiger partial charge in [-0.1, -0.05) is 0 Å². The molecule has 1 fully saturated rings. The lowest BCUT2D eigenvalue weighted by molar-refractivity contribution is -0.120. The van der Waals surface area contributed by atoms with Crippen molar-refractivity contribution in [3.05, 3.63) is 24.0 Å². The number of pyridine rings is 1. The van der Waals surface area contributed by atoms with Crippen molar-refractivity contribution >= 4 is 34.8 Å². The molecule has 1 amide bonds. The van der Waals surface area contributed by atoms with Crippen LogP contribution in [0.2, 0.25) is 0 Å². The summed E-state index contributed by atoms with van der Waals surface area (Å²) in [6.45, 7) is 3.66. The number of alkyl halides is 2. The van der Waals surface area contributed by atoms with Gasteiger partial charge in [-0.25, -0.2) is 0 Å². The molecule has 0 aliphatic heterocycles. The number of amides is 1. The second kappa shape index (κ2) is 3.60. The Balaban J connectivity index is 2.13. The number of anilines is 1. The second-order valence-corrected chi connectivity index (χ2v) is 5.84. The fraction of sp³-hybridized carbons (Fsp3) is 0.455. The Morgan fingerprint density at radius 3 is 2.69 bits per heavy atom. The maximum absolute atomic E-state index is 12.0. The van der Waals surface area contributed by atoms with Gasteiger partial charge in [-0.3, -0.25) is 9.78 Å². The van der Waals surface area contributed by atoms with Crippen LogP contribution in [-0.4, -0.2) is 15.2 Å². The minimum absolute atomic E-state index is 0.159. The van der Waals surface area contributed by atoms with Crippen LogP contribution in [-0.2, 0) is 4.79 Å². The highest BCUT2D eigenvalue weighted by Crippen LogP contribution is 2.64. The number of nitrogens with zero attached hydrogens (tertiary/aromatic N) is 1. The number of hydrogen-bond acceptors (Lipinski definition) is 2. The third-order valence-corrected chi connectivity index (χ3v) is 4.15. The van der Waals surface area contributed by atoms with Crippen LogP contribution in [0.15, 0.2) is 18.5 Å². The lowest BCUT2D eigenvalue weighted by Gasteiger charge is -2.13. The van der Waals surface area contributed by atoms with Crippen molar-refractivity contribution in [3.63, 3.8) is 0 Å². The summed E-state index contributed by atoms with van der Waals surface area (Å²) in [5.41, 5.74) is 0.963. The highest BCUT2D eigenvalue weighted by Gasteiger charge is 2.67. The van der Waals surface area contributed by atoms with Gasteiger partial charge in [-0.15, -0.1) is 23.2 Å². The lowest BCUT2D eigenvalue weighted by atomic mass is 10.1. The number of nitrogens with one attached hydrogen (secondary N) is 1. The van der Waals surface area contributed by atoms with Crippen LogP contribution in [0.3, 0.4) is 0 Å². The summed E-state index contributed by atoms with van der Waals surface area (Å²) in [6.07, 6.45) is 3.77. The summed E-state index contributed by atoms with van der Waals surface area (Å²) in [4.78, 5) is 15.9. The third-order valence-electron chi connectivity index (χ3n) is 3.05. The Morgan fingerprint density at radius 2 is 2.19 bits per heavy atom. The molecule has 2 rings (SSSR count). The number of rotatable bonds is 2. The van der Waals surface area contributed by atoms with E-state index in [1.54, 1.807) is 19.3 Å². The molecular weight excluding hydrogens is 247 g/mol. The van der Waals surface area contributed by atoms with Crippen LogP contribution in [0, 0.1) is 12.3 Å². The van der Waals surface area contributed by atoms with Gasteiger partial charge in [0.1, 0.15) is 4.33 Å². The molecule has 5 heteroatoms. The molecule has 1 heterocycles. The van der Waals surface area contributed by atoms with Gasteiger partial charge in [-0.2, -0.15) is 0 Å². The lowest BCUT2D eigenvalue weighted by Crippen LogP contribution is -2.26. The molecule has 0 unspecified atom stereocenters. The topological polar surface area (TPSA) is 42.0 Å². The van der Waals surface area contributed by atoms with Crippen LogP contribution in [0.5, 0.6) is 0 Å². The van der Waals surface area contributed by atoms with E-state index < -0.39 is 9.75 Å². The number of aromatic nitrogens is 1. The summed E-state index contributed by atoms with van der Waals surface area (Å²) in [5, 5.41) is 2.80. The van der Waals surface area contributed by atoms with E-state index in [4.69, 9.17) is 23.2 Å². The van der Waals surface area contributed by atoms with Gasteiger partial charge in [0.25, 0.3) is 0 Å². The number of hydrogen-bond donors (Lipinski definition) is 1. The quantitative estimate of drug-likeness (QED) is 0.830. The van der Waals surface area contributed by atoms with Crippen molar-refractivity contribution in [1.29, 1.82) is 0 Å². The van der Waals surface area contributed by atoms with Crippen LogP contribution in [0.4, 0.5) is 5.69 Å². The number of carbonyl (C=O) groups is 1. The van der Waals surface area contributed by atoms with E-state index in [-0.39, 0.29) is 5.91 Å². The molecule has 0 aromatic carbocycles. The summed E-state index contributed by atoms with van der Waals surface area (Å²) >= 11 is 11.9. The number of aryl methyl sites for hydroxylation is 1. The van der Waals surface area contributed by atoms with Crippen molar-refractivity contribution in [3.8, 4) is 0 Å². The first-order chi connectivity index (χ1) is 7.37. The highest BCUT2D eigenvalue weighted by molar-refractivity contribution is 6.53. The molecule has 0 spiro atoms. The Kier molecular flexibility index (Phi) is 2.63. The molecule has 0 saturated heterocycles. The SMILES string of the molecule is Cc1ccncc1NC(=O)[C@]1(C)CC1(Cl)Cl. The summed E-state index contributed by atoms with van der Waals surface area (Å²) < 4.78 is -0.937. The van der Waals surface area contributed by atoms with Crippen LogP contribution in [0.1, 0.15) is 18.9 Å². The fourth-order valence-electron chi connectivity index (χ4n) is 1.50. The maximum Gasteiger partial charge on any atom is 0.233 e. The predicted octanol–water partition coefficient (Wildman–Crippen LogP) is 2.91. The van der Waals surface area contributed by atoms with Gasteiger partial charge in [0, 0.05) is 6.20 Å². The van der Waals surface area contributed by atoms with Crippen molar-refractivity contribution in [1.82, 2.24) is 4.98 Å². The summed E-state index contributed by atoms with van der Waals surface area (Å²) in [7, 11) is 0. The predicted molar refractivity (Wildman–Crippen MR) is 64.8 cm³/mol. The normalized spacial score (nSPS) is 26.2. The smallest absolute Gasteiger partial charge is 0.233 e. The molecule has 16 heavy (non-hydrogen) atoms. The molecule has 0 bridgehead atoms. The van der Waals surface area contributed by atoms with Crippen molar-refractivity contribution in [2.24, 2.45) is 5.41 Å². The van der Waals surface area contributed by atoms with E-state index in [0.29, 0.717) is 12.1 Å². The standard InChI is InChI=1S/C11H12Cl2N2O/c1-7-3-4-14-5-8(7)15-9(16)10(2)6-11(10,12)13/h3-5H,6H2,1-2H3,(H,15,16)/t10-/m0/s1.